The van der Waals surface area contributed by atoms with Crippen molar-refractivity contribution >= 4 is 79.5 Å². The molecule has 4 aliphatic rings. The molecule has 0 radical (unpaired) electrons. The Morgan fingerprint density at radius 1 is 0.522 bits per heavy atom. The second-order valence-corrected chi connectivity index (χ2v) is 26.4. The van der Waals surface area contributed by atoms with Crippen molar-refractivity contribution in [1.82, 2.24) is 39.9 Å². The Balaban J connectivity index is 0.800. The van der Waals surface area contributed by atoms with Crippen molar-refractivity contribution in [2.45, 2.75) is 77.0 Å². The third kappa shape index (κ3) is 11.4. The van der Waals surface area contributed by atoms with Crippen LogP contribution in [0, 0.1) is 11.8 Å². The van der Waals surface area contributed by atoms with Gasteiger partial charge in [0, 0.05) is 156 Å². The predicted molar refractivity (Wildman–Crippen MR) is 370 cm³/mol. The molecule has 4 aromatic carbocycles. The summed E-state index contributed by atoms with van der Waals surface area (Å²) in [4.78, 5) is 64.5. The molecule has 0 saturated heterocycles. The molecule has 4 aliphatic heterocycles. The maximum Gasteiger partial charge on any atom is 0.337 e. The summed E-state index contributed by atoms with van der Waals surface area (Å²) >= 11 is 0. The highest BCUT2D eigenvalue weighted by Crippen LogP contribution is 2.41. The van der Waals surface area contributed by atoms with E-state index >= 15 is 0 Å². The number of ether oxygens (including phenoxy) is 2. The fourth-order valence-electron chi connectivity index (χ4n) is 12.9. The van der Waals surface area contributed by atoms with Gasteiger partial charge in [0.1, 0.15) is 0 Å². The van der Waals surface area contributed by atoms with Gasteiger partial charge in [0.15, 0.2) is 5.75 Å². The van der Waals surface area contributed by atoms with E-state index < -0.39 is 5.97 Å². The number of aromatic nitrogens is 8. The van der Waals surface area contributed by atoms with Gasteiger partial charge in [0.05, 0.1) is 47.9 Å². The number of aromatic amines is 4. The molecule has 5 N–H and O–H groups in total. The Labute approximate surface area is 534 Å². The minimum Gasteiger partial charge on any atom is -0.493 e. The zero-order valence-electron chi connectivity index (χ0n) is 53.2. The second kappa shape index (κ2) is 22.8. The minimum atomic E-state index is -0.410. The topological polar surface area (TPSA) is 183 Å². The smallest absolute Gasteiger partial charge is 0.337 e. The van der Waals surface area contributed by atoms with Gasteiger partial charge in [-0.2, -0.15) is 0 Å². The summed E-state index contributed by atoms with van der Waals surface area (Å²) < 4.78 is 11.3. The van der Waals surface area contributed by atoms with E-state index in [4.69, 9.17) is 29.4 Å². The Hall–Kier alpha value is -11.0. The van der Waals surface area contributed by atoms with Gasteiger partial charge in [0.25, 0.3) is 5.91 Å². The molecule has 16 bridgehead atoms. The molecule has 10 heterocycles. The lowest BCUT2D eigenvalue weighted by atomic mass is 9.87. The van der Waals surface area contributed by atoms with Crippen LogP contribution in [0.4, 0.5) is 11.4 Å². The van der Waals surface area contributed by atoms with Crippen LogP contribution in [-0.2, 0) is 40.2 Å². The van der Waals surface area contributed by atoms with Crippen molar-refractivity contribution in [2.24, 2.45) is 0 Å². The second-order valence-electron chi connectivity index (χ2n) is 26.4. The number of methoxy groups -OCH3 is 2. The molecule has 6 aromatic heterocycles. The molecule has 456 valence electrons. The Morgan fingerprint density at radius 3 is 1.75 bits per heavy atom. The average Bonchev–Trinajstić information content (AvgIpc) is 1.65. The normalized spacial score (nSPS) is 14.3. The van der Waals surface area contributed by atoms with Crippen LogP contribution in [0.25, 0.3) is 89.7 Å². The van der Waals surface area contributed by atoms with Crippen LogP contribution in [0.3, 0.4) is 0 Å². The van der Waals surface area contributed by atoms with E-state index in [-0.39, 0.29) is 22.2 Å². The molecular formula is C78H70N10O4. The molecule has 1 amide bonds. The molecule has 0 spiro atoms. The summed E-state index contributed by atoms with van der Waals surface area (Å²) in [5.41, 5.74) is 23.4. The number of nitrogens with one attached hydrogen (secondary N) is 5. The Kier molecular flexibility index (Phi) is 14.5. The van der Waals surface area contributed by atoms with Gasteiger partial charge in [-0.05, 0) is 156 Å². The first-order valence-electron chi connectivity index (χ1n) is 31.0. The molecule has 0 unspecified atom stereocenters. The highest BCUT2D eigenvalue weighted by atomic mass is 16.5. The van der Waals surface area contributed by atoms with Crippen molar-refractivity contribution in [3.63, 3.8) is 0 Å². The van der Waals surface area contributed by atoms with Gasteiger partial charge in [-0.15, -0.1) is 0 Å². The number of fused-ring (bicyclic) bond motifs is 16. The van der Waals surface area contributed by atoms with E-state index in [1.807, 2.05) is 105 Å². The van der Waals surface area contributed by atoms with E-state index in [0.717, 1.165) is 153 Å². The number of anilines is 2. The molecule has 0 aliphatic carbocycles. The van der Waals surface area contributed by atoms with Crippen LogP contribution >= 0.6 is 0 Å². The summed E-state index contributed by atoms with van der Waals surface area (Å²) in [5.74, 6) is 6.88. The SMILES string of the molecule is COC(=O)c1ccc(-c2c3nc(cc4ccc(cc5nc(cc6[nH]c2cc6-c2ccc(NC(=O)c6ccc(-c7cc8cc9nc(c(OC)c%10[nH]c(cc%11nc(cc7[nH]8)CC%11(C)C)cc%10C#Cc7ccc(N(C)C)cc7)CC9(C)C)cc6)cc2)CC5(C)C)[nH]4)C=C3)cc1. The summed E-state index contributed by atoms with van der Waals surface area (Å²) in [6, 6.07) is 54.6. The Morgan fingerprint density at radius 2 is 1.10 bits per heavy atom. The number of H-pyrrole nitrogens is 4. The fraction of sp³-hybridized carbons (Fsp3) is 0.205. The van der Waals surface area contributed by atoms with E-state index in [1.165, 1.54) is 7.11 Å². The van der Waals surface area contributed by atoms with Crippen molar-refractivity contribution in [3.05, 3.63) is 232 Å². The minimum absolute atomic E-state index is 0.215. The highest BCUT2D eigenvalue weighted by Gasteiger charge is 2.33. The summed E-state index contributed by atoms with van der Waals surface area (Å²) in [6.07, 6.45) is 6.15. The van der Waals surface area contributed by atoms with Crippen molar-refractivity contribution in [1.29, 1.82) is 0 Å². The van der Waals surface area contributed by atoms with Crippen LogP contribution in [0.5, 0.6) is 5.75 Å². The van der Waals surface area contributed by atoms with Gasteiger partial charge < -0.3 is 39.6 Å². The monoisotopic (exact) mass is 1210 g/mol. The number of amides is 1. The van der Waals surface area contributed by atoms with Crippen LogP contribution in [0.2, 0.25) is 0 Å². The number of carbonyl (C=O) groups excluding carboxylic acids is 2. The summed E-state index contributed by atoms with van der Waals surface area (Å²) in [6.45, 7) is 13.3. The standard InChI is InChI=1S/C78H70N10O4/c1-76(2)43-59-37-65-62(41-66(86-65)71(48-17-21-50(22-18-48)75(90)92-10)63-32-29-54(80-63)34-53-27-28-55(79-53)38-68(76)82-59)47-23-25-52(26-24-47)85-74(89)49-19-15-46(16-20-49)61-35-57-40-70-78(5,6)44-67(87-70)73(91-9)72-51(14-11-45-12-30-60(31-13-45)88(7)8)33-56(84-72)39-69-77(3,4)42-58(83-69)36-64(61)81-57/h12-13,15-41,79,81,84,86H,42-44H2,1-10H3,(H,85,89). The molecule has 14 nitrogen and oxygen atoms in total. The largest absolute Gasteiger partial charge is 0.493 e. The van der Waals surface area contributed by atoms with Gasteiger partial charge in [0.2, 0.25) is 0 Å². The van der Waals surface area contributed by atoms with E-state index in [2.05, 4.69) is 156 Å². The first kappa shape index (κ1) is 58.6. The fourth-order valence-corrected chi connectivity index (χ4v) is 12.9. The Bertz CT molecular complexity index is 5100. The number of nitrogens with zero attached hydrogens (tertiary/aromatic N) is 5. The van der Waals surface area contributed by atoms with Gasteiger partial charge in [-0.25, -0.2) is 9.78 Å². The van der Waals surface area contributed by atoms with Crippen LogP contribution in [-0.4, -0.2) is 80.1 Å². The zero-order valence-corrected chi connectivity index (χ0v) is 53.2. The van der Waals surface area contributed by atoms with Crippen LogP contribution in [0.15, 0.2) is 164 Å². The van der Waals surface area contributed by atoms with Crippen molar-refractivity contribution in [2.75, 3.05) is 38.5 Å². The molecule has 0 saturated carbocycles. The van der Waals surface area contributed by atoms with E-state index in [0.29, 0.717) is 29.0 Å². The maximum absolute atomic E-state index is 14.2. The summed E-state index contributed by atoms with van der Waals surface area (Å²) in [7, 11) is 7.14. The summed E-state index contributed by atoms with van der Waals surface area (Å²) in [5, 5.41) is 3.16. The molecule has 10 aromatic rings. The molecule has 0 fully saturated rings. The molecule has 92 heavy (non-hydrogen) atoms. The molecular weight excluding hydrogens is 1140 g/mol. The van der Waals surface area contributed by atoms with Crippen LogP contribution < -0.4 is 15.0 Å². The number of carbonyl (C=O) groups is 2. The number of hydrogen-bond donors (Lipinski definition) is 5. The maximum atomic E-state index is 14.2. The highest BCUT2D eigenvalue weighted by molar-refractivity contribution is 6.05. The first-order valence-corrected chi connectivity index (χ1v) is 31.0. The molecule has 0 atom stereocenters. The number of rotatable bonds is 8. The van der Waals surface area contributed by atoms with E-state index in [1.54, 1.807) is 19.2 Å². The lowest BCUT2D eigenvalue weighted by Crippen LogP contribution is -2.15. The number of esters is 1. The average molecular weight is 1210 g/mol. The molecule has 14 rings (SSSR count). The van der Waals surface area contributed by atoms with Crippen LogP contribution in [0.1, 0.15) is 119 Å². The van der Waals surface area contributed by atoms with Crippen molar-refractivity contribution < 1.29 is 19.1 Å². The van der Waals surface area contributed by atoms with E-state index in [9.17, 15) is 9.59 Å². The zero-order chi connectivity index (χ0) is 63.8. The quantitative estimate of drug-likeness (QED) is 0.0730. The number of benzene rings is 4. The lowest BCUT2D eigenvalue weighted by molar-refractivity contribution is 0.0600. The lowest BCUT2D eigenvalue weighted by Gasteiger charge is -2.16. The van der Waals surface area contributed by atoms with Gasteiger partial charge in [-0.1, -0.05) is 89.8 Å². The number of hydrogen-bond acceptors (Lipinski definition) is 9. The predicted octanol–water partition coefficient (Wildman–Crippen LogP) is 16.2. The van der Waals surface area contributed by atoms with Gasteiger partial charge in [-0.3, -0.25) is 19.7 Å². The van der Waals surface area contributed by atoms with Gasteiger partial charge >= 0.3 is 5.97 Å². The van der Waals surface area contributed by atoms with Crippen molar-refractivity contribution in [3.8, 4) is 51.0 Å². The third-order valence-corrected chi connectivity index (χ3v) is 17.9. The third-order valence-electron chi connectivity index (χ3n) is 17.9. The molecule has 14 heteroatoms. The first-order chi connectivity index (χ1) is 44.2.